The molecule has 0 aliphatic carbocycles. The van der Waals surface area contributed by atoms with Crippen LogP contribution in [0.5, 0.6) is 5.75 Å². The van der Waals surface area contributed by atoms with Gasteiger partial charge in [0.2, 0.25) is 0 Å². The van der Waals surface area contributed by atoms with Crippen LogP contribution >= 0.6 is 23.2 Å². The van der Waals surface area contributed by atoms with Gasteiger partial charge in [-0.25, -0.2) is 8.42 Å². The molecule has 1 N–H and O–H groups in total. The first-order valence-corrected chi connectivity index (χ1v) is 9.21. The highest BCUT2D eigenvalue weighted by atomic mass is 35.5. The standard InChI is InChI=1S/C13H15Cl2F2NO3S/c14-9-4-8(12(11(15)5-9)21-13(16)17)6-18-10-2-1-3-22(19,20)7-10/h4-5,10,13,18H,1-3,6-7H2. The van der Waals surface area contributed by atoms with Crippen LogP contribution in [0.25, 0.3) is 0 Å². The number of ether oxygens (including phenoxy) is 1. The fourth-order valence-electron chi connectivity index (χ4n) is 2.40. The van der Waals surface area contributed by atoms with Crippen molar-refractivity contribution in [2.24, 2.45) is 0 Å². The zero-order chi connectivity index (χ0) is 16.3. The van der Waals surface area contributed by atoms with E-state index >= 15 is 0 Å². The Hall–Kier alpha value is -0.630. The molecule has 1 atom stereocenters. The smallest absolute Gasteiger partial charge is 0.387 e. The van der Waals surface area contributed by atoms with Crippen molar-refractivity contribution in [2.45, 2.75) is 32.0 Å². The molecular formula is C13H15Cl2F2NO3S. The summed E-state index contributed by atoms with van der Waals surface area (Å²) in [6.07, 6.45) is 1.29. The van der Waals surface area contributed by atoms with Crippen molar-refractivity contribution in [3.63, 3.8) is 0 Å². The monoisotopic (exact) mass is 373 g/mol. The molecule has 1 aliphatic rings. The Morgan fingerprint density at radius 2 is 2.09 bits per heavy atom. The fraction of sp³-hybridized carbons (Fsp3) is 0.538. The van der Waals surface area contributed by atoms with Gasteiger partial charge in [-0.05, 0) is 25.0 Å². The Balaban J connectivity index is 2.11. The minimum Gasteiger partial charge on any atom is -0.433 e. The van der Waals surface area contributed by atoms with E-state index in [1.165, 1.54) is 12.1 Å². The third-order valence-corrected chi connectivity index (χ3v) is 5.66. The molecule has 9 heteroatoms. The molecule has 22 heavy (non-hydrogen) atoms. The highest BCUT2D eigenvalue weighted by Crippen LogP contribution is 2.33. The van der Waals surface area contributed by atoms with Crippen LogP contribution in [0.1, 0.15) is 18.4 Å². The lowest BCUT2D eigenvalue weighted by atomic mass is 10.1. The minimum atomic E-state index is -3.05. The molecule has 124 valence electrons. The maximum Gasteiger partial charge on any atom is 0.387 e. The molecule has 4 nitrogen and oxygen atoms in total. The molecule has 1 saturated heterocycles. The van der Waals surface area contributed by atoms with E-state index in [0.717, 1.165) is 0 Å². The van der Waals surface area contributed by atoms with Crippen molar-refractivity contribution in [1.29, 1.82) is 0 Å². The SMILES string of the molecule is O=S1(=O)CCCC(NCc2cc(Cl)cc(Cl)c2OC(F)F)C1. The van der Waals surface area contributed by atoms with Gasteiger partial charge in [-0.3, -0.25) is 0 Å². The molecule has 2 rings (SSSR count). The molecule has 1 aromatic rings. The predicted octanol–water partition coefficient (Wildman–Crippen LogP) is 3.26. The van der Waals surface area contributed by atoms with Crippen LogP contribution in [0, 0.1) is 0 Å². The van der Waals surface area contributed by atoms with Gasteiger partial charge in [0.1, 0.15) is 5.75 Å². The second-order valence-corrected chi connectivity index (χ2v) is 8.16. The molecular weight excluding hydrogens is 359 g/mol. The van der Waals surface area contributed by atoms with Crippen LogP contribution in [-0.2, 0) is 16.4 Å². The third kappa shape index (κ3) is 4.94. The predicted molar refractivity (Wildman–Crippen MR) is 81.6 cm³/mol. The normalized spacial score (nSPS) is 21.0. The summed E-state index contributed by atoms with van der Waals surface area (Å²) < 4.78 is 52.5. The van der Waals surface area contributed by atoms with Gasteiger partial charge in [-0.2, -0.15) is 8.78 Å². The summed E-state index contributed by atoms with van der Waals surface area (Å²) in [6.45, 7) is -2.87. The second-order valence-electron chi connectivity index (χ2n) is 5.09. The van der Waals surface area contributed by atoms with Gasteiger partial charge in [0.05, 0.1) is 16.5 Å². The number of hydrogen-bond acceptors (Lipinski definition) is 4. The average molecular weight is 374 g/mol. The first-order chi connectivity index (χ1) is 10.3. The molecule has 0 amide bonds. The molecule has 0 spiro atoms. The Morgan fingerprint density at radius 1 is 1.36 bits per heavy atom. The average Bonchev–Trinajstić information content (AvgIpc) is 2.38. The van der Waals surface area contributed by atoms with Gasteiger partial charge in [0, 0.05) is 23.2 Å². The zero-order valence-corrected chi connectivity index (χ0v) is 13.8. The number of alkyl halides is 2. The summed E-state index contributed by atoms with van der Waals surface area (Å²) in [7, 11) is -3.05. The van der Waals surface area contributed by atoms with Gasteiger partial charge in [-0.15, -0.1) is 0 Å². The molecule has 1 unspecified atom stereocenters. The lowest BCUT2D eigenvalue weighted by Gasteiger charge is -2.23. The second kappa shape index (κ2) is 7.29. The summed E-state index contributed by atoms with van der Waals surface area (Å²) in [4.78, 5) is 0. The van der Waals surface area contributed by atoms with Gasteiger partial charge in [-0.1, -0.05) is 23.2 Å². The molecule has 0 aromatic heterocycles. The Bertz CT molecular complexity index is 640. The molecule has 1 aliphatic heterocycles. The lowest BCUT2D eigenvalue weighted by molar-refractivity contribution is -0.0504. The largest absolute Gasteiger partial charge is 0.433 e. The number of rotatable bonds is 5. The van der Waals surface area contributed by atoms with E-state index in [0.29, 0.717) is 23.4 Å². The summed E-state index contributed by atoms with van der Waals surface area (Å²) in [5.41, 5.74) is 0.362. The van der Waals surface area contributed by atoms with Crippen molar-refractivity contribution in [3.8, 4) is 5.75 Å². The van der Waals surface area contributed by atoms with E-state index in [1.807, 2.05) is 0 Å². The lowest BCUT2D eigenvalue weighted by Crippen LogP contribution is -2.39. The van der Waals surface area contributed by atoms with Crippen LogP contribution in [0.3, 0.4) is 0 Å². The number of sulfone groups is 1. The van der Waals surface area contributed by atoms with Crippen molar-refractivity contribution in [2.75, 3.05) is 11.5 Å². The maximum atomic E-state index is 12.5. The van der Waals surface area contributed by atoms with Crippen molar-refractivity contribution >= 4 is 33.0 Å². The zero-order valence-electron chi connectivity index (χ0n) is 11.5. The highest BCUT2D eigenvalue weighted by molar-refractivity contribution is 7.91. The molecule has 1 aromatic carbocycles. The number of halogens is 4. The first-order valence-electron chi connectivity index (χ1n) is 6.63. The number of benzene rings is 1. The van der Waals surface area contributed by atoms with E-state index in [9.17, 15) is 17.2 Å². The van der Waals surface area contributed by atoms with Crippen LogP contribution in [0.15, 0.2) is 12.1 Å². The van der Waals surface area contributed by atoms with Crippen LogP contribution in [-0.4, -0.2) is 32.6 Å². The van der Waals surface area contributed by atoms with E-state index in [-0.39, 0.29) is 34.9 Å². The summed E-state index contributed by atoms with van der Waals surface area (Å²) in [6, 6.07) is 2.56. The van der Waals surface area contributed by atoms with Crippen LogP contribution in [0.4, 0.5) is 8.78 Å². The van der Waals surface area contributed by atoms with Gasteiger partial charge in [0.15, 0.2) is 9.84 Å². The quantitative estimate of drug-likeness (QED) is 0.860. The molecule has 0 bridgehead atoms. The maximum absolute atomic E-state index is 12.5. The highest BCUT2D eigenvalue weighted by Gasteiger charge is 2.25. The topological polar surface area (TPSA) is 55.4 Å². The Labute approximate surface area is 137 Å². The summed E-state index contributed by atoms with van der Waals surface area (Å²) in [5.74, 6) is 0.0764. The van der Waals surface area contributed by atoms with Crippen molar-refractivity contribution in [1.82, 2.24) is 5.32 Å². The first kappa shape index (κ1) is 17.7. The molecule has 1 fully saturated rings. The van der Waals surface area contributed by atoms with E-state index in [1.54, 1.807) is 0 Å². The minimum absolute atomic E-state index is 0.0131. The van der Waals surface area contributed by atoms with E-state index < -0.39 is 16.4 Å². The number of hydrogen-bond donors (Lipinski definition) is 1. The fourth-order valence-corrected chi connectivity index (χ4v) is 4.65. The van der Waals surface area contributed by atoms with Crippen LogP contribution < -0.4 is 10.1 Å². The Morgan fingerprint density at radius 3 is 2.73 bits per heavy atom. The van der Waals surface area contributed by atoms with Gasteiger partial charge < -0.3 is 10.1 Å². The van der Waals surface area contributed by atoms with E-state index in [4.69, 9.17) is 23.2 Å². The molecule has 1 heterocycles. The number of nitrogens with one attached hydrogen (secondary N) is 1. The Kier molecular flexibility index (Phi) is 5.87. The third-order valence-electron chi connectivity index (χ3n) is 3.34. The summed E-state index contributed by atoms with van der Waals surface area (Å²) >= 11 is 11.8. The summed E-state index contributed by atoms with van der Waals surface area (Å²) in [5, 5.41) is 3.32. The van der Waals surface area contributed by atoms with Crippen molar-refractivity contribution < 1.29 is 21.9 Å². The molecule has 0 radical (unpaired) electrons. The van der Waals surface area contributed by atoms with E-state index in [2.05, 4.69) is 10.1 Å². The molecule has 0 saturated carbocycles. The van der Waals surface area contributed by atoms with Gasteiger partial charge in [0.25, 0.3) is 0 Å². The van der Waals surface area contributed by atoms with Gasteiger partial charge >= 0.3 is 6.61 Å². The van der Waals surface area contributed by atoms with Crippen molar-refractivity contribution in [3.05, 3.63) is 27.7 Å². The van der Waals surface area contributed by atoms with Crippen LogP contribution in [0.2, 0.25) is 10.0 Å².